The van der Waals surface area contributed by atoms with Gasteiger partial charge in [0.05, 0.1) is 0 Å². The Kier molecular flexibility index (Phi) is 9.83. The summed E-state index contributed by atoms with van der Waals surface area (Å²) >= 11 is 2.12. The molecule has 3 heterocycles. The van der Waals surface area contributed by atoms with Crippen molar-refractivity contribution in [2.24, 2.45) is 0 Å². The summed E-state index contributed by atoms with van der Waals surface area (Å²) in [5.41, 5.74) is 0.988. The molecular weight excluding hydrogens is 713 g/mol. The van der Waals surface area contributed by atoms with Crippen molar-refractivity contribution in [1.82, 2.24) is 14.9 Å². The van der Waals surface area contributed by atoms with Crippen molar-refractivity contribution in [3.63, 3.8) is 0 Å². The molecule has 0 aromatic carbocycles. The van der Waals surface area contributed by atoms with Crippen LogP contribution in [0.1, 0.15) is 77.1 Å². The van der Waals surface area contributed by atoms with Gasteiger partial charge in [0.2, 0.25) is 6.29 Å². The maximum atomic E-state index is 13.1. The van der Waals surface area contributed by atoms with Crippen molar-refractivity contribution in [1.29, 1.82) is 0 Å². The summed E-state index contributed by atoms with van der Waals surface area (Å²) in [6, 6.07) is 3.57. The molecule has 39 heavy (non-hydrogen) atoms. The summed E-state index contributed by atoms with van der Waals surface area (Å²) in [5, 5.41) is 3.49. The standard InChI is InChI=1S/C27H35N4O6S.Tl/c1-17-22(38-24(29-17)30-25(33)31-14-8-9-15-31)19-12-13-28-21(16-19)27(3,4)23(32)35-18(2)36-26(34)37-20-10-6-5-7-11-20;/h12-14,16,18,20H,5-11,15H2,1-4H3,(H,29,30,33);. The van der Waals surface area contributed by atoms with E-state index in [0.717, 1.165) is 93.4 Å². The molecule has 2 aliphatic rings. The number of esters is 1. The quantitative estimate of drug-likeness (QED) is 0.231. The van der Waals surface area contributed by atoms with Crippen LogP contribution >= 0.6 is 11.3 Å². The molecule has 1 aliphatic heterocycles. The Balaban J connectivity index is 1.39. The zero-order chi connectivity index (χ0) is 28.2. The molecule has 2 aromatic heterocycles. The number of aromatic nitrogens is 2. The SMILES string of the molecule is Cc1nc(NC(=O)N2CCC[C@H]2[Tl])sc1-c1ccnc(C(C)(C)C(=O)OC(C)OC(=O)OC2CCCCC2)c1. The Labute approximate surface area is 248 Å². The third-order valence-corrected chi connectivity index (χ3v) is 10.9. The van der Waals surface area contributed by atoms with Crippen LogP contribution in [0.4, 0.5) is 14.7 Å². The second-order valence-corrected chi connectivity index (χ2v) is 14.5. The molecule has 2 aromatic rings. The van der Waals surface area contributed by atoms with Crippen LogP contribution in [-0.2, 0) is 24.4 Å². The Hall–Kier alpha value is -2.29. The van der Waals surface area contributed by atoms with E-state index in [1.165, 1.54) is 18.3 Å². The third-order valence-electron chi connectivity index (χ3n) is 7.09. The normalized spacial score (nSPS) is 18.8. The number of hydrogen-bond acceptors (Lipinski definition) is 9. The van der Waals surface area contributed by atoms with Crippen LogP contribution in [0.2, 0.25) is 0 Å². The van der Waals surface area contributed by atoms with Crippen molar-refractivity contribution in [2.75, 3.05) is 11.9 Å². The second kappa shape index (κ2) is 12.9. The molecule has 0 radical (unpaired) electrons. The Morgan fingerprint density at radius 2 is 1.90 bits per heavy atom. The number of ether oxygens (including phenoxy) is 3. The molecule has 2 atom stereocenters. The van der Waals surface area contributed by atoms with Crippen LogP contribution in [0, 0.1) is 6.92 Å². The van der Waals surface area contributed by atoms with Crippen molar-refractivity contribution < 1.29 is 28.6 Å². The maximum absolute atomic E-state index is 13.1. The number of carbonyl (C=O) groups excluding carboxylic acids is 3. The topological polar surface area (TPSA) is 120 Å². The zero-order valence-electron chi connectivity index (χ0n) is 22.9. The molecule has 2 fully saturated rings. The first-order chi connectivity index (χ1) is 18.5. The fraction of sp³-hybridized carbons (Fsp3) is 0.593. The zero-order valence-corrected chi connectivity index (χ0v) is 28.2. The fourth-order valence-electron chi connectivity index (χ4n) is 4.75. The number of nitrogens with zero attached hydrogens (tertiary/aromatic N) is 3. The average Bonchev–Trinajstić information content (AvgIpc) is 3.49. The number of carbonyl (C=O) groups is 3. The minimum absolute atomic E-state index is 0.0986. The van der Waals surface area contributed by atoms with Crippen LogP contribution in [0.3, 0.4) is 0 Å². The summed E-state index contributed by atoms with van der Waals surface area (Å²) in [4.78, 5) is 49.7. The van der Waals surface area contributed by atoms with Gasteiger partial charge in [0.1, 0.15) is 6.10 Å². The van der Waals surface area contributed by atoms with Gasteiger partial charge in [-0.3, -0.25) is 4.79 Å². The number of urea groups is 1. The van der Waals surface area contributed by atoms with Gasteiger partial charge in [0.15, 0.2) is 0 Å². The predicted octanol–water partition coefficient (Wildman–Crippen LogP) is 5.29. The summed E-state index contributed by atoms with van der Waals surface area (Å²) in [7, 11) is 0. The fourth-order valence-corrected chi connectivity index (χ4v) is 7.72. The number of rotatable bonds is 7. The van der Waals surface area contributed by atoms with E-state index in [1.807, 2.05) is 24.0 Å². The van der Waals surface area contributed by atoms with Crippen LogP contribution in [0.25, 0.3) is 10.4 Å². The van der Waals surface area contributed by atoms with Gasteiger partial charge < -0.3 is 14.2 Å². The van der Waals surface area contributed by atoms with Crippen LogP contribution in [0.15, 0.2) is 18.3 Å². The third kappa shape index (κ3) is 7.47. The summed E-state index contributed by atoms with van der Waals surface area (Å²) in [5.74, 6) is -0.580. The van der Waals surface area contributed by atoms with Gasteiger partial charge in [-0.05, 0) is 25.7 Å². The summed E-state index contributed by atoms with van der Waals surface area (Å²) in [6.45, 7) is 7.58. The molecule has 0 bridgehead atoms. The van der Waals surface area contributed by atoms with Crippen molar-refractivity contribution in [2.45, 2.75) is 94.1 Å². The van der Waals surface area contributed by atoms with Gasteiger partial charge in [-0.2, -0.15) is 0 Å². The molecule has 12 heteroatoms. The molecule has 1 unspecified atom stereocenters. The molecule has 208 valence electrons. The number of amides is 2. The van der Waals surface area contributed by atoms with Gasteiger partial charge in [-0.1, -0.05) is 6.42 Å². The van der Waals surface area contributed by atoms with E-state index in [1.54, 1.807) is 20.0 Å². The van der Waals surface area contributed by atoms with Crippen LogP contribution in [-0.4, -0.2) is 81.3 Å². The summed E-state index contributed by atoms with van der Waals surface area (Å²) < 4.78 is 16.4. The van der Waals surface area contributed by atoms with E-state index in [9.17, 15) is 14.4 Å². The number of likely N-dealkylation sites (tertiary alicyclic amines) is 1. The van der Waals surface area contributed by atoms with E-state index in [2.05, 4.69) is 15.3 Å². The van der Waals surface area contributed by atoms with Crippen molar-refractivity contribution in [3.8, 4) is 10.4 Å². The molecule has 10 nitrogen and oxygen atoms in total. The molecule has 0 spiro atoms. The Morgan fingerprint density at radius 3 is 2.59 bits per heavy atom. The molecular formula is C27H35N4O6STl. The number of nitrogens with one attached hydrogen (secondary N) is 1. The van der Waals surface area contributed by atoms with Crippen molar-refractivity contribution in [3.05, 3.63) is 29.7 Å². The van der Waals surface area contributed by atoms with Crippen LogP contribution in [0.5, 0.6) is 0 Å². The molecule has 1 N–H and O–H groups in total. The number of thiazole rings is 1. The molecule has 2 amide bonds. The first kappa shape index (κ1) is 29.7. The van der Waals surface area contributed by atoms with Gasteiger partial charge in [-0.25, -0.2) is 4.79 Å². The number of aryl methyl sites for hydroxylation is 1. The van der Waals surface area contributed by atoms with E-state index in [0.29, 0.717) is 14.4 Å². The van der Waals surface area contributed by atoms with E-state index >= 15 is 0 Å². The average molecular weight is 748 g/mol. The van der Waals surface area contributed by atoms with Crippen molar-refractivity contribution >= 4 is 60.4 Å². The minimum atomic E-state index is -1.12. The van der Waals surface area contributed by atoms with E-state index < -0.39 is 23.8 Å². The van der Waals surface area contributed by atoms with Gasteiger partial charge in [-0.15, -0.1) is 0 Å². The van der Waals surface area contributed by atoms with Gasteiger partial charge >= 0.3 is 175 Å². The predicted molar refractivity (Wildman–Crippen MR) is 148 cm³/mol. The number of anilines is 1. The monoisotopic (exact) mass is 748 g/mol. The van der Waals surface area contributed by atoms with E-state index in [-0.39, 0.29) is 12.1 Å². The first-order valence-corrected chi connectivity index (χ1v) is 16.8. The number of pyridine rings is 1. The number of hydrogen-bond donors (Lipinski definition) is 1. The molecule has 1 aliphatic carbocycles. The molecule has 1 saturated heterocycles. The Bertz CT molecular complexity index is 1200. The summed E-state index contributed by atoms with van der Waals surface area (Å²) in [6.07, 6.45) is 6.53. The van der Waals surface area contributed by atoms with Gasteiger partial charge in [0.25, 0.3) is 0 Å². The first-order valence-electron chi connectivity index (χ1n) is 13.4. The van der Waals surface area contributed by atoms with E-state index in [4.69, 9.17) is 14.2 Å². The molecule has 4 rings (SSSR count). The second-order valence-electron chi connectivity index (χ2n) is 10.5. The molecule has 1 saturated carbocycles. The van der Waals surface area contributed by atoms with Gasteiger partial charge in [0, 0.05) is 6.92 Å². The van der Waals surface area contributed by atoms with Crippen LogP contribution < -0.4 is 5.32 Å². The Morgan fingerprint density at radius 1 is 1.15 bits per heavy atom.